The van der Waals surface area contributed by atoms with Crippen molar-refractivity contribution in [1.29, 1.82) is 0 Å². The summed E-state index contributed by atoms with van der Waals surface area (Å²) in [6, 6.07) is 5.18. The lowest BCUT2D eigenvalue weighted by molar-refractivity contribution is 0.0511. The molecule has 1 aliphatic heterocycles. The first kappa shape index (κ1) is 16.7. The van der Waals surface area contributed by atoms with E-state index in [1.54, 1.807) is 25.3 Å². The molecule has 1 fully saturated rings. The van der Waals surface area contributed by atoms with Gasteiger partial charge in [-0.3, -0.25) is 4.79 Å². The van der Waals surface area contributed by atoms with Crippen LogP contribution in [-0.2, 0) is 4.74 Å². The highest BCUT2D eigenvalue weighted by molar-refractivity contribution is 9.10. The summed E-state index contributed by atoms with van der Waals surface area (Å²) < 4.78 is 6.06. The number of halogens is 2. The Balaban J connectivity index is 2.01. The number of benzene rings is 1. The standard InChI is InChI=1S/C15H20BrClN2O2/c1-21-10-15(4-6-18-7-5-15)9-19-14(20)12-3-2-11(17)8-13(12)16/h2-3,8,18H,4-7,9-10H2,1H3,(H,19,20). The predicted molar refractivity (Wildman–Crippen MR) is 87.9 cm³/mol. The maximum Gasteiger partial charge on any atom is 0.252 e. The minimum absolute atomic E-state index is 0.0224. The minimum Gasteiger partial charge on any atom is -0.384 e. The largest absolute Gasteiger partial charge is 0.384 e. The molecule has 0 atom stereocenters. The second-order valence-electron chi connectivity index (χ2n) is 5.49. The van der Waals surface area contributed by atoms with Crippen LogP contribution in [0.25, 0.3) is 0 Å². The third kappa shape index (κ3) is 4.42. The summed E-state index contributed by atoms with van der Waals surface area (Å²) in [5.74, 6) is -0.0902. The van der Waals surface area contributed by atoms with E-state index in [0.29, 0.717) is 28.2 Å². The molecular formula is C15H20BrClN2O2. The van der Waals surface area contributed by atoms with E-state index in [4.69, 9.17) is 16.3 Å². The van der Waals surface area contributed by atoms with Gasteiger partial charge in [0, 0.05) is 28.6 Å². The van der Waals surface area contributed by atoms with Crippen molar-refractivity contribution in [2.45, 2.75) is 12.8 Å². The Morgan fingerprint density at radius 1 is 1.48 bits per heavy atom. The molecule has 0 unspecified atom stereocenters. The van der Waals surface area contributed by atoms with Crippen molar-refractivity contribution >= 4 is 33.4 Å². The van der Waals surface area contributed by atoms with Crippen LogP contribution < -0.4 is 10.6 Å². The maximum absolute atomic E-state index is 12.3. The number of rotatable bonds is 5. The average Bonchev–Trinajstić information content (AvgIpc) is 2.46. The summed E-state index contributed by atoms with van der Waals surface area (Å²) >= 11 is 9.28. The molecule has 6 heteroatoms. The second kappa shape index (κ2) is 7.58. The SMILES string of the molecule is COCC1(CNC(=O)c2ccc(Cl)cc2Br)CCNCC1. The molecule has 2 N–H and O–H groups in total. The van der Waals surface area contributed by atoms with Crippen LogP contribution in [0.4, 0.5) is 0 Å². The van der Waals surface area contributed by atoms with Gasteiger partial charge in [0.25, 0.3) is 5.91 Å². The molecule has 0 aromatic heterocycles. The summed E-state index contributed by atoms with van der Waals surface area (Å²) in [4.78, 5) is 12.3. The Hall–Kier alpha value is -0.620. The molecule has 4 nitrogen and oxygen atoms in total. The van der Waals surface area contributed by atoms with Gasteiger partial charge in [-0.25, -0.2) is 0 Å². The Morgan fingerprint density at radius 3 is 2.81 bits per heavy atom. The van der Waals surface area contributed by atoms with Gasteiger partial charge in [0.2, 0.25) is 0 Å². The Bertz CT molecular complexity index is 499. The van der Waals surface area contributed by atoms with Crippen molar-refractivity contribution < 1.29 is 9.53 Å². The first-order valence-corrected chi connectivity index (χ1v) is 8.16. The summed E-state index contributed by atoms with van der Waals surface area (Å²) in [5.41, 5.74) is 0.620. The first-order chi connectivity index (χ1) is 10.1. The highest BCUT2D eigenvalue weighted by Crippen LogP contribution is 2.28. The third-order valence-corrected chi connectivity index (χ3v) is 4.81. The van der Waals surface area contributed by atoms with E-state index in [-0.39, 0.29) is 11.3 Å². The van der Waals surface area contributed by atoms with E-state index in [0.717, 1.165) is 25.9 Å². The molecule has 1 aliphatic rings. The quantitative estimate of drug-likeness (QED) is 0.832. The van der Waals surface area contributed by atoms with Gasteiger partial charge in [-0.1, -0.05) is 11.6 Å². The monoisotopic (exact) mass is 374 g/mol. The van der Waals surface area contributed by atoms with Crippen LogP contribution in [0.3, 0.4) is 0 Å². The van der Waals surface area contributed by atoms with E-state index >= 15 is 0 Å². The number of piperidine rings is 1. The van der Waals surface area contributed by atoms with Gasteiger partial charge in [0.1, 0.15) is 0 Å². The van der Waals surface area contributed by atoms with Crippen LogP contribution in [0.1, 0.15) is 23.2 Å². The number of carbonyl (C=O) groups is 1. The van der Waals surface area contributed by atoms with E-state index in [1.165, 1.54) is 0 Å². The Kier molecular flexibility index (Phi) is 6.05. The third-order valence-electron chi connectivity index (χ3n) is 3.91. The molecule has 0 saturated carbocycles. The molecule has 0 bridgehead atoms. The van der Waals surface area contributed by atoms with Crippen molar-refractivity contribution in [3.63, 3.8) is 0 Å². The Labute approximate surface area is 138 Å². The zero-order chi connectivity index (χ0) is 15.3. The molecule has 0 aliphatic carbocycles. The van der Waals surface area contributed by atoms with Gasteiger partial charge >= 0.3 is 0 Å². The second-order valence-corrected chi connectivity index (χ2v) is 6.78. The van der Waals surface area contributed by atoms with Gasteiger partial charge in [-0.15, -0.1) is 0 Å². The summed E-state index contributed by atoms with van der Waals surface area (Å²) in [6.07, 6.45) is 2.01. The highest BCUT2D eigenvalue weighted by Gasteiger charge is 2.32. The van der Waals surface area contributed by atoms with Gasteiger partial charge < -0.3 is 15.4 Å². The normalized spacial score (nSPS) is 17.5. The molecule has 1 saturated heterocycles. The number of hydrogen-bond acceptors (Lipinski definition) is 3. The summed E-state index contributed by atoms with van der Waals surface area (Å²) in [5, 5.41) is 6.98. The van der Waals surface area contributed by atoms with Crippen molar-refractivity contribution in [2.24, 2.45) is 5.41 Å². The number of methoxy groups -OCH3 is 1. The van der Waals surface area contributed by atoms with Crippen molar-refractivity contribution in [2.75, 3.05) is 33.4 Å². The van der Waals surface area contributed by atoms with E-state index < -0.39 is 0 Å². The lowest BCUT2D eigenvalue weighted by Crippen LogP contribution is -2.47. The number of nitrogens with one attached hydrogen (secondary N) is 2. The molecule has 2 rings (SSSR count). The van der Waals surface area contributed by atoms with Crippen LogP contribution in [0.5, 0.6) is 0 Å². The van der Waals surface area contributed by atoms with Crippen LogP contribution in [-0.4, -0.2) is 39.3 Å². The van der Waals surface area contributed by atoms with Crippen LogP contribution >= 0.6 is 27.5 Å². The molecule has 1 aromatic rings. The van der Waals surface area contributed by atoms with Gasteiger partial charge in [-0.05, 0) is 60.1 Å². The average molecular weight is 376 g/mol. The zero-order valence-electron chi connectivity index (χ0n) is 12.0. The fraction of sp³-hybridized carbons (Fsp3) is 0.533. The van der Waals surface area contributed by atoms with Gasteiger partial charge in [0.05, 0.1) is 12.2 Å². The topological polar surface area (TPSA) is 50.4 Å². The Morgan fingerprint density at radius 2 is 2.19 bits per heavy atom. The number of carbonyl (C=O) groups excluding carboxylic acids is 1. The molecule has 1 heterocycles. The van der Waals surface area contributed by atoms with Crippen LogP contribution in [0.15, 0.2) is 22.7 Å². The van der Waals surface area contributed by atoms with E-state index in [9.17, 15) is 4.79 Å². The van der Waals surface area contributed by atoms with Crippen molar-refractivity contribution in [1.82, 2.24) is 10.6 Å². The number of hydrogen-bond donors (Lipinski definition) is 2. The van der Waals surface area contributed by atoms with E-state index in [2.05, 4.69) is 26.6 Å². The lowest BCUT2D eigenvalue weighted by Gasteiger charge is -2.37. The first-order valence-electron chi connectivity index (χ1n) is 6.99. The lowest BCUT2D eigenvalue weighted by atomic mass is 9.79. The highest BCUT2D eigenvalue weighted by atomic mass is 79.9. The smallest absolute Gasteiger partial charge is 0.252 e. The molecule has 116 valence electrons. The predicted octanol–water partition coefficient (Wildman–Crippen LogP) is 2.85. The molecule has 1 amide bonds. The maximum atomic E-state index is 12.3. The van der Waals surface area contributed by atoms with Crippen molar-refractivity contribution in [3.05, 3.63) is 33.3 Å². The molecule has 0 spiro atoms. The molecule has 21 heavy (non-hydrogen) atoms. The molecular weight excluding hydrogens is 356 g/mol. The van der Waals surface area contributed by atoms with Crippen LogP contribution in [0, 0.1) is 5.41 Å². The number of ether oxygens (including phenoxy) is 1. The molecule has 0 radical (unpaired) electrons. The summed E-state index contributed by atoms with van der Waals surface area (Å²) in [6.45, 7) is 3.21. The van der Waals surface area contributed by atoms with E-state index in [1.807, 2.05) is 0 Å². The van der Waals surface area contributed by atoms with Crippen LogP contribution in [0.2, 0.25) is 5.02 Å². The van der Waals surface area contributed by atoms with Gasteiger partial charge in [0.15, 0.2) is 0 Å². The summed E-state index contributed by atoms with van der Waals surface area (Å²) in [7, 11) is 1.71. The zero-order valence-corrected chi connectivity index (χ0v) is 14.4. The molecule has 1 aromatic carbocycles. The fourth-order valence-electron chi connectivity index (χ4n) is 2.67. The fourth-order valence-corrected chi connectivity index (χ4v) is 3.53. The number of amides is 1. The minimum atomic E-state index is -0.0902. The van der Waals surface area contributed by atoms with Crippen molar-refractivity contribution in [3.8, 4) is 0 Å². The van der Waals surface area contributed by atoms with Gasteiger partial charge in [-0.2, -0.15) is 0 Å².